The SMILES string of the molecule is CC(=O)Nc1ccccc1O[C@H]1CNC[C@@H]1O. The van der Waals surface area contributed by atoms with Gasteiger partial charge in [-0.3, -0.25) is 4.79 Å². The molecule has 1 aromatic carbocycles. The maximum atomic E-state index is 11.0. The van der Waals surface area contributed by atoms with E-state index in [1.54, 1.807) is 12.1 Å². The summed E-state index contributed by atoms with van der Waals surface area (Å²) in [6, 6.07) is 7.19. The molecule has 2 atom stereocenters. The van der Waals surface area contributed by atoms with Crippen molar-refractivity contribution in [2.45, 2.75) is 19.1 Å². The number of anilines is 1. The van der Waals surface area contributed by atoms with Crippen LogP contribution in [0.5, 0.6) is 5.75 Å². The molecule has 2 rings (SSSR count). The van der Waals surface area contributed by atoms with Crippen molar-refractivity contribution in [3.63, 3.8) is 0 Å². The maximum absolute atomic E-state index is 11.0. The Morgan fingerprint density at radius 3 is 2.88 bits per heavy atom. The minimum absolute atomic E-state index is 0.147. The summed E-state index contributed by atoms with van der Waals surface area (Å²) in [7, 11) is 0. The zero-order valence-electron chi connectivity index (χ0n) is 9.64. The topological polar surface area (TPSA) is 70.6 Å². The number of hydrogen-bond acceptors (Lipinski definition) is 4. The average molecular weight is 236 g/mol. The van der Waals surface area contributed by atoms with Crippen LogP contribution in [0, 0.1) is 0 Å². The third kappa shape index (κ3) is 2.95. The van der Waals surface area contributed by atoms with Crippen molar-refractivity contribution in [2.75, 3.05) is 18.4 Å². The molecule has 5 nitrogen and oxygen atoms in total. The van der Waals surface area contributed by atoms with Gasteiger partial charge in [-0.2, -0.15) is 0 Å². The Labute approximate surface area is 99.8 Å². The van der Waals surface area contributed by atoms with Crippen LogP contribution >= 0.6 is 0 Å². The second-order valence-corrected chi connectivity index (χ2v) is 4.06. The zero-order valence-corrected chi connectivity index (χ0v) is 9.64. The lowest BCUT2D eigenvalue weighted by molar-refractivity contribution is -0.114. The summed E-state index contributed by atoms with van der Waals surface area (Å²) in [6.07, 6.45) is -0.787. The minimum atomic E-state index is -0.514. The van der Waals surface area contributed by atoms with Gasteiger partial charge in [0, 0.05) is 20.0 Å². The molecule has 0 aliphatic carbocycles. The van der Waals surface area contributed by atoms with Crippen molar-refractivity contribution in [3.05, 3.63) is 24.3 Å². The summed E-state index contributed by atoms with van der Waals surface area (Å²) in [5.41, 5.74) is 0.624. The summed E-state index contributed by atoms with van der Waals surface area (Å²) < 4.78 is 5.69. The van der Waals surface area contributed by atoms with Gasteiger partial charge in [-0.15, -0.1) is 0 Å². The van der Waals surface area contributed by atoms with Crippen molar-refractivity contribution < 1.29 is 14.6 Å². The van der Waals surface area contributed by atoms with Crippen LogP contribution < -0.4 is 15.4 Å². The Bertz CT molecular complexity index is 408. The molecule has 1 amide bonds. The van der Waals surface area contributed by atoms with E-state index in [4.69, 9.17) is 4.74 Å². The molecule has 1 heterocycles. The number of amides is 1. The second kappa shape index (κ2) is 5.16. The Morgan fingerprint density at radius 2 is 2.24 bits per heavy atom. The predicted molar refractivity (Wildman–Crippen MR) is 64.0 cm³/mol. The monoisotopic (exact) mass is 236 g/mol. The molecule has 0 radical (unpaired) electrons. The molecule has 92 valence electrons. The van der Waals surface area contributed by atoms with Gasteiger partial charge in [0.2, 0.25) is 5.91 Å². The molecule has 1 aromatic rings. The van der Waals surface area contributed by atoms with Crippen LogP contribution in [0.2, 0.25) is 0 Å². The first-order valence-electron chi connectivity index (χ1n) is 5.59. The van der Waals surface area contributed by atoms with Crippen LogP contribution in [0.1, 0.15) is 6.92 Å². The molecule has 0 saturated carbocycles. The highest BCUT2D eigenvalue weighted by Crippen LogP contribution is 2.25. The van der Waals surface area contributed by atoms with Crippen LogP contribution in [-0.2, 0) is 4.79 Å². The number of aliphatic hydroxyl groups excluding tert-OH is 1. The molecule has 1 fully saturated rings. The molecule has 17 heavy (non-hydrogen) atoms. The smallest absolute Gasteiger partial charge is 0.221 e. The van der Waals surface area contributed by atoms with Gasteiger partial charge in [-0.25, -0.2) is 0 Å². The fraction of sp³-hybridized carbons (Fsp3) is 0.417. The van der Waals surface area contributed by atoms with Crippen LogP contribution in [0.3, 0.4) is 0 Å². The number of carbonyl (C=O) groups excluding carboxylic acids is 1. The molecule has 1 aliphatic rings. The Morgan fingerprint density at radius 1 is 1.47 bits per heavy atom. The third-order valence-corrected chi connectivity index (χ3v) is 2.60. The van der Waals surface area contributed by atoms with Gasteiger partial charge in [0.25, 0.3) is 0 Å². The molecule has 0 aromatic heterocycles. The van der Waals surface area contributed by atoms with E-state index in [1.165, 1.54) is 6.92 Å². The van der Waals surface area contributed by atoms with Crippen LogP contribution in [0.15, 0.2) is 24.3 Å². The first kappa shape index (κ1) is 11.9. The predicted octanol–water partition coefficient (Wildman–Crippen LogP) is 0.356. The van der Waals surface area contributed by atoms with Crippen LogP contribution in [-0.4, -0.2) is 36.3 Å². The van der Waals surface area contributed by atoms with Gasteiger partial charge in [0.1, 0.15) is 18.0 Å². The minimum Gasteiger partial charge on any atom is -0.484 e. The van der Waals surface area contributed by atoms with Crippen molar-refractivity contribution in [1.29, 1.82) is 0 Å². The van der Waals surface area contributed by atoms with Gasteiger partial charge in [0.05, 0.1) is 5.69 Å². The number of hydrogen-bond donors (Lipinski definition) is 3. The molecule has 5 heteroatoms. The van der Waals surface area contributed by atoms with Crippen molar-refractivity contribution in [2.24, 2.45) is 0 Å². The maximum Gasteiger partial charge on any atom is 0.221 e. The van der Waals surface area contributed by atoms with Gasteiger partial charge in [-0.05, 0) is 12.1 Å². The first-order valence-corrected chi connectivity index (χ1v) is 5.59. The summed E-state index contributed by atoms with van der Waals surface area (Å²) in [6.45, 7) is 2.59. The van der Waals surface area contributed by atoms with Crippen molar-refractivity contribution in [3.8, 4) is 5.75 Å². The van der Waals surface area contributed by atoms with E-state index in [9.17, 15) is 9.90 Å². The Balaban J connectivity index is 2.11. The molecule has 0 bridgehead atoms. The lowest BCUT2D eigenvalue weighted by atomic mass is 10.2. The number of rotatable bonds is 3. The number of β-amino-alcohol motifs (C(OH)–C–C–N with tert-alkyl or cyclic N) is 1. The van der Waals surface area contributed by atoms with E-state index in [1.807, 2.05) is 12.1 Å². The largest absolute Gasteiger partial charge is 0.484 e. The van der Waals surface area contributed by atoms with Gasteiger partial charge >= 0.3 is 0 Å². The van der Waals surface area contributed by atoms with Crippen LogP contribution in [0.25, 0.3) is 0 Å². The number of aliphatic hydroxyl groups is 1. The van der Waals surface area contributed by atoms with Gasteiger partial charge in [-0.1, -0.05) is 12.1 Å². The fourth-order valence-electron chi connectivity index (χ4n) is 1.79. The molecule has 3 N–H and O–H groups in total. The number of para-hydroxylation sites is 2. The van der Waals surface area contributed by atoms with Crippen LogP contribution in [0.4, 0.5) is 5.69 Å². The van der Waals surface area contributed by atoms with Crippen molar-refractivity contribution in [1.82, 2.24) is 5.32 Å². The van der Waals surface area contributed by atoms with Gasteiger partial charge < -0.3 is 20.5 Å². The molecular weight excluding hydrogens is 220 g/mol. The number of carbonyl (C=O) groups is 1. The standard InChI is InChI=1S/C12H16N2O3/c1-8(15)14-9-4-2-3-5-11(9)17-12-7-13-6-10(12)16/h2-5,10,12-13,16H,6-7H2,1H3,(H,14,15)/t10-,12-/m0/s1. The number of nitrogens with one attached hydrogen (secondary N) is 2. The van der Waals surface area contributed by atoms with Crippen molar-refractivity contribution >= 4 is 11.6 Å². The van der Waals surface area contributed by atoms with E-state index in [0.717, 1.165) is 0 Å². The summed E-state index contributed by atoms with van der Waals surface area (Å²) in [5.74, 6) is 0.432. The first-order chi connectivity index (χ1) is 8.16. The normalized spacial score (nSPS) is 23.4. The Kier molecular flexibility index (Phi) is 3.61. The number of benzene rings is 1. The van der Waals surface area contributed by atoms with Gasteiger partial charge in [0.15, 0.2) is 0 Å². The van der Waals surface area contributed by atoms with E-state index >= 15 is 0 Å². The number of ether oxygens (including phenoxy) is 1. The fourth-order valence-corrected chi connectivity index (χ4v) is 1.79. The molecule has 1 saturated heterocycles. The lowest BCUT2D eigenvalue weighted by Gasteiger charge is -2.18. The summed E-state index contributed by atoms with van der Waals surface area (Å²) in [4.78, 5) is 11.0. The molecule has 1 aliphatic heterocycles. The highest BCUT2D eigenvalue weighted by molar-refractivity contribution is 5.90. The molecule has 0 spiro atoms. The quantitative estimate of drug-likeness (QED) is 0.708. The Hall–Kier alpha value is -1.59. The van der Waals surface area contributed by atoms with E-state index in [0.29, 0.717) is 24.5 Å². The molecule has 0 unspecified atom stereocenters. The highest BCUT2D eigenvalue weighted by atomic mass is 16.5. The average Bonchev–Trinajstić information content (AvgIpc) is 2.67. The van der Waals surface area contributed by atoms with E-state index < -0.39 is 6.10 Å². The third-order valence-electron chi connectivity index (χ3n) is 2.60. The summed E-state index contributed by atoms with van der Waals surface area (Å²) in [5, 5.41) is 15.4. The lowest BCUT2D eigenvalue weighted by Crippen LogP contribution is -2.30. The van der Waals surface area contributed by atoms with E-state index in [2.05, 4.69) is 10.6 Å². The highest BCUT2D eigenvalue weighted by Gasteiger charge is 2.27. The summed E-state index contributed by atoms with van der Waals surface area (Å²) >= 11 is 0. The van der Waals surface area contributed by atoms with E-state index in [-0.39, 0.29) is 12.0 Å². The zero-order chi connectivity index (χ0) is 12.3. The molecular formula is C12H16N2O3. The second-order valence-electron chi connectivity index (χ2n) is 4.06.